The van der Waals surface area contributed by atoms with Crippen molar-refractivity contribution in [1.82, 2.24) is 10.2 Å². The van der Waals surface area contributed by atoms with E-state index in [0.29, 0.717) is 5.41 Å². The van der Waals surface area contributed by atoms with E-state index in [0.717, 1.165) is 44.9 Å². The van der Waals surface area contributed by atoms with Gasteiger partial charge in [0.05, 0.1) is 0 Å². The first-order chi connectivity index (χ1) is 10.6. The number of aliphatic hydroxyl groups is 1. The first-order valence-corrected chi connectivity index (χ1v) is 9.27. The zero-order valence-corrected chi connectivity index (χ0v) is 14.8. The zero-order chi connectivity index (χ0) is 16.1. The van der Waals surface area contributed by atoms with Gasteiger partial charge in [0.2, 0.25) is 0 Å². The van der Waals surface area contributed by atoms with Crippen LogP contribution < -0.4 is 5.32 Å². The second kappa shape index (κ2) is 7.67. The molecule has 0 bridgehead atoms. The third-order valence-corrected chi connectivity index (χ3v) is 6.19. The number of nitrogens with one attached hydrogen (secondary N) is 1. The first kappa shape index (κ1) is 17.6. The molecule has 0 amide bonds. The molecule has 4 nitrogen and oxygen atoms in total. The van der Waals surface area contributed by atoms with E-state index in [2.05, 4.69) is 31.0 Å². The van der Waals surface area contributed by atoms with Gasteiger partial charge in [-0.2, -0.15) is 0 Å². The van der Waals surface area contributed by atoms with Crippen LogP contribution in [0.1, 0.15) is 65.7 Å². The minimum absolute atomic E-state index is 0.156. The average molecular weight is 309 g/mol. The third-order valence-electron chi connectivity index (χ3n) is 6.19. The van der Waals surface area contributed by atoms with Gasteiger partial charge in [0, 0.05) is 32.8 Å². The highest BCUT2D eigenvalue weighted by atomic mass is 16.3. The Morgan fingerprint density at radius 2 is 1.95 bits per heavy atom. The van der Waals surface area contributed by atoms with Gasteiger partial charge < -0.3 is 15.3 Å². The fourth-order valence-corrected chi connectivity index (χ4v) is 4.01. The van der Waals surface area contributed by atoms with E-state index in [1.807, 2.05) is 0 Å². The van der Waals surface area contributed by atoms with E-state index < -0.39 is 0 Å². The van der Waals surface area contributed by atoms with E-state index in [-0.39, 0.29) is 12.0 Å². The smallest absolute Gasteiger partial charge is 0.193 e. The summed E-state index contributed by atoms with van der Waals surface area (Å²) < 4.78 is 0. The van der Waals surface area contributed by atoms with E-state index in [4.69, 9.17) is 4.99 Å². The van der Waals surface area contributed by atoms with Crippen molar-refractivity contribution in [2.24, 2.45) is 15.8 Å². The highest BCUT2D eigenvalue weighted by Gasteiger charge is 2.43. The number of likely N-dealkylation sites (tertiary alicyclic amines) is 1. The van der Waals surface area contributed by atoms with Crippen molar-refractivity contribution >= 4 is 5.96 Å². The molecular weight excluding hydrogens is 274 g/mol. The summed E-state index contributed by atoms with van der Waals surface area (Å²) in [5.74, 6) is 1.09. The topological polar surface area (TPSA) is 47.9 Å². The molecule has 128 valence electrons. The molecule has 1 spiro atoms. The molecule has 1 saturated heterocycles. The fourth-order valence-electron chi connectivity index (χ4n) is 4.01. The molecule has 1 heterocycles. The molecule has 0 aromatic rings. The molecule has 0 unspecified atom stereocenters. The Balaban J connectivity index is 2.03. The van der Waals surface area contributed by atoms with Crippen LogP contribution in [0.5, 0.6) is 0 Å². The molecular formula is C18H35N3O. The number of hydrogen-bond acceptors (Lipinski definition) is 2. The predicted molar refractivity (Wildman–Crippen MR) is 93.2 cm³/mol. The largest absolute Gasteiger partial charge is 0.396 e. The third kappa shape index (κ3) is 3.76. The molecule has 2 N–H and O–H groups in total. The van der Waals surface area contributed by atoms with Crippen molar-refractivity contribution in [2.45, 2.75) is 65.7 Å². The lowest BCUT2D eigenvalue weighted by molar-refractivity contribution is 0.151. The lowest BCUT2D eigenvalue weighted by Crippen LogP contribution is -2.43. The van der Waals surface area contributed by atoms with Crippen molar-refractivity contribution in [2.75, 3.05) is 32.8 Å². The average Bonchev–Trinajstić information content (AvgIpc) is 2.96. The number of aliphatic hydroxyl groups excluding tert-OH is 1. The maximum Gasteiger partial charge on any atom is 0.193 e. The van der Waals surface area contributed by atoms with Gasteiger partial charge in [-0.25, -0.2) is 0 Å². The summed E-state index contributed by atoms with van der Waals surface area (Å²) in [4.78, 5) is 7.44. The molecule has 2 rings (SSSR count). The normalized spacial score (nSPS) is 21.3. The Morgan fingerprint density at radius 3 is 2.41 bits per heavy atom. The summed E-state index contributed by atoms with van der Waals surface area (Å²) in [6.45, 7) is 10.9. The van der Waals surface area contributed by atoms with Gasteiger partial charge in [0.25, 0.3) is 0 Å². The Hall–Kier alpha value is -0.770. The van der Waals surface area contributed by atoms with Gasteiger partial charge >= 0.3 is 0 Å². The Bertz CT molecular complexity index is 373. The van der Waals surface area contributed by atoms with Gasteiger partial charge in [-0.15, -0.1) is 0 Å². The number of aliphatic imine (C=N–C) groups is 1. The maximum atomic E-state index is 9.38. The number of hydrogen-bond donors (Lipinski definition) is 2. The Kier molecular flexibility index (Phi) is 6.13. The van der Waals surface area contributed by atoms with E-state index in [1.54, 1.807) is 0 Å². The van der Waals surface area contributed by atoms with Gasteiger partial charge in [-0.1, -0.05) is 20.3 Å². The van der Waals surface area contributed by atoms with E-state index in [1.165, 1.54) is 32.2 Å². The summed E-state index contributed by atoms with van der Waals surface area (Å²) in [7, 11) is 0. The van der Waals surface area contributed by atoms with Gasteiger partial charge in [-0.3, -0.25) is 4.99 Å². The molecule has 4 heteroatoms. The standard InChI is InChI=1S/C18H35N3O/c1-4-17(5-2,11-13-22)14-20-16(19-6-3)21-12-10-18(15-21)8-7-9-18/h22H,4-15H2,1-3H3,(H,19,20). The quantitative estimate of drug-likeness (QED) is 0.561. The summed E-state index contributed by atoms with van der Waals surface area (Å²) >= 11 is 0. The van der Waals surface area contributed by atoms with Crippen molar-refractivity contribution in [3.8, 4) is 0 Å². The Labute approximate surface area is 136 Å². The molecule has 0 aromatic heterocycles. The second-order valence-electron chi connectivity index (χ2n) is 7.38. The SMILES string of the molecule is CCNC(=NCC(CC)(CC)CCO)N1CCC2(CCC2)C1. The number of guanidine groups is 1. The van der Waals surface area contributed by atoms with Crippen LogP contribution in [0.25, 0.3) is 0 Å². The lowest BCUT2D eigenvalue weighted by Gasteiger charge is -2.38. The van der Waals surface area contributed by atoms with Crippen LogP contribution in [0, 0.1) is 10.8 Å². The molecule has 2 fully saturated rings. The Morgan fingerprint density at radius 1 is 1.23 bits per heavy atom. The van der Waals surface area contributed by atoms with Crippen molar-refractivity contribution in [3.05, 3.63) is 0 Å². The lowest BCUT2D eigenvalue weighted by atomic mass is 9.68. The van der Waals surface area contributed by atoms with Crippen LogP contribution in [0.4, 0.5) is 0 Å². The van der Waals surface area contributed by atoms with Gasteiger partial charge in [0.1, 0.15) is 0 Å². The highest BCUT2D eigenvalue weighted by Crippen LogP contribution is 2.47. The monoisotopic (exact) mass is 309 g/mol. The van der Waals surface area contributed by atoms with Crippen LogP contribution in [0.3, 0.4) is 0 Å². The highest BCUT2D eigenvalue weighted by molar-refractivity contribution is 5.80. The summed E-state index contributed by atoms with van der Waals surface area (Å²) in [6.07, 6.45) is 8.57. The number of nitrogens with zero attached hydrogens (tertiary/aromatic N) is 2. The zero-order valence-electron chi connectivity index (χ0n) is 14.8. The summed E-state index contributed by atoms with van der Waals surface area (Å²) in [6, 6.07) is 0. The van der Waals surface area contributed by atoms with Crippen LogP contribution in [-0.4, -0.2) is 48.8 Å². The van der Waals surface area contributed by atoms with Crippen LogP contribution in [-0.2, 0) is 0 Å². The minimum atomic E-state index is 0.156. The van der Waals surface area contributed by atoms with Gasteiger partial charge in [0.15, 0.2) is 5.96 Å². The fraction of sp³-hybridized carbons (Fsp3) is 0.944. The maximum absolute atomic E-state index is 9.38. The van der Waals surface area contributed by atoms with Gasteiger partial charge in [-0.05, 0) is 56.3 Å². The van der Waals surface area contributed by atoms with E-state index >= 15 is 0 Å². The molecule has 0 radical (unpaired) electrons. The van der Waals surface area contributed by atoms with Crippen LogP contribution in [0.2, 0.25) is 0 Å². The molecule has 1 aliphatic carbocycles. The van der Waals surface area contributed by atoms with Crippen LogP contribution in [0.15, 0.2) is 4.99 Å². The summed E-state index contributed by atoms with van der Waals surface area (Å²) in [5.41, 5.74) is 0.761. The van der Waals surface area contributed by atoms with Crippen molar-refractivity contribution < 1.29 is 5.11 Å². The molecule has 2 aliphatic rings. The first-order valence-electron chi connectivity index (χ1n) is 9.27. The summed E-state index contributed by atoms with van der Waals surface area (Å²) in [5, 5.41) is 12.9. The second-order valence-corrected chi connectivity index (χ2v) is 7.38. The number of rotatable bonds is 7. The molecule has 1 saturated carbocycles. The molecule has 0 aromatic carbocycles. The van der Waals surface area contributed by atoms with Crippen molar-refractivity contribution in [3.63, 3.8) is 0 Å². The molecule has 0 atom stereocenters. The molecule has 1 aliphatic heterocycles. The predicted octanol–water partition coefficient (Wildman–Crippen LogP) is 3.02. The van der Waals surface area contributed by atoms with Crippen LogP contribution >= 0.6 is 0 Å². The minimum Gasteiger partial charge on any atom is -0.396 e. The van der Waals surface area contributed by atoms with Crippen molar-refractivity contribution in [1.29, 1.82) is 0 Å². The molecule has 22 heavy (non-hydrogen) atoms. The van der Waals surface area contributed by atoms with E-state index in [9.17, 15) is 5.11 Å².